The zero-order chi connectivity index (χ0) is 28.9. The average Bonchev–Trinajstić information content (AvgIpc) is 3.35. The van der Waals surface area contributed by atoms with Crippen LogP contribution in [0.15, 0.2) is 83.0 Å². The smallest absolute Gasteiger partial charge is 0.164 e. The molecule has 0 bridgehead atoms. The Morgan fingerprint density at radius 3 is 2.32 bits per heavy atom. The Morgan fingerprint density at radius 2 is 1.63 bits per heavy atom. The third-order valence-corrected chi connectivity index (χ3v) is 8.24. The summed E-state index contributed by atoms with van der Waals surface area (Å²) in [5.74, 6) is 0.437. The van der Waals surface area contributed by atoms with Crippen LogP contribution in [0.5, 0.6) is 0 Å². The molecule has 2 heterocycles. The van der Waals surface area contributed by atoms with E-state index in [-0.39, 0.29) is 43.0 Å². The average molecular weight is 727 g/mol. The molecular weight excluding hydrogens is 687 g/mol. The van der Waals surface area contributed by atoms with Crippen LogP contribution >= 0.6 is 0 Å². The number of pyridine rings is 1. The van der Waals surface area contributed by atoms with Gasteiger partial charge in [-0.15, -0.1) is 17.7 Å². The number of nitrogens with zero attached hydrogens (tertiary/aromatic N) is 1. The number of carbonyl (C=O) groups is 1. The third-order valence-electron chi connectivity index (χ3n) is 8.24. The van der Waals surface area contributed by atoms with Crippen LogP contribution in [0, 0.1) is 24.3 Å². The van der Waals surface area contributed by atoms with E-state index in [2.05, 4.69) is 37.3 Å². The minimum Gasteiger partial charge on any atom is -0.512 e. The quantitative estimate of drug-likeness (QED) is 0.0983. The number of benzene rings is 3. The molecule has 4 nitrogen and oxygen atoms in total. The zero-order valence-corrected chi connectivity index (χ0v) is 27.3. The Morgan fingerprint density at radius 1 is 0.976 bits per heavy atom. The first-order valence-electron chi connectivity index (χ1n) is 14.4. The predicted octanol–water partition coefficient (Wildman–Crippen LogP) is 10.2. The first-order valence-corrected chi connectivity index (χ1v) is 14.4. The Hall–Kier alpha value is -3.27. The molecule has 217 valence electrons. The minimum absolute atomic E-state index is 0. The van der Waals surface area contributed by atoms with Crippen LogP contribution in [0.1, 0.15) is 65.9 Å². The van der Waals surface area contributed by atoms with Gasteiger partial charge in [0.1, 0.15) is 5.58 Å². The van der Waals surface area contributed by atoms with E-state index in [1.165, 1.54) is 6.08 Å². The van der Waals surface area contributed by atoms with E-state index >= 15 is 0 Å². The molecule has 0 aliphatic heterocycles. The van der Waals surface area contributed by atoms with Crippen LogP contribution in [-0.2, 0) is 24.9 Å². The van der Waals surface area contributed by atoms with Gasteiger partial charge in [0, 0.05) is 42.9 Å². The van der Waals surface area contributed by atoms with Gasteiger partial charge in [0.25, 0.3) is 0 Å². The Balaban J connectivity index is 0.000000242. The molecule has 5 rings (SSSR count). The molecule has 3 aromatic carbocycles. The monoisotopic (exact) mass is 727 g/mol. The molecule has 2 aromatic heterocycles. The Bertz CT molecular complexity index is 1660. The van der Waals surface area contributed by atoms with Crippen molar-refractivity contribution < 1.29 is 34.4 Å². The van der Waals surface area contributed by atoms with Gasteiger partial charge in [-0.25, -0.2) is 0 Å². The number of allylic oxidation sites excluding steroid dienone is 2. The standard InChI is InChI=1S/C22H14NO.C14H26O2.Ir/c1-14-12-17-16-7-3-5-9-21(16)24-22(17)18(13-14)20-11-10-15-6-2-4-8-19(15)23-20;1-6-11(7-2)12(15)10-13(16)14(5,8-3)9-4;/h2-12H,1H3;10-11,15H,6-9H2,1-5H3;/q-1;;/b;12-10-;. The number of aryl methyl sites for hydroxylation is 1. The molecule has 0 saturated carbocycles. The maximum Gasteiger partial charge on any atom is 0.164 e. The molecule has 1 N–H and O–H groups in total. The van der Waals surface area contributed by atoms with Gasteiger partial charge < -0.3 is 9.52 Å². The maximum atomic E-state index is 12.0. The summed E-state index contributed by atoms with van der Waals surface area (Å²) in [6.07, 6.45) is 4.83. The number of para-hydroxylation sites is 2. The molecular formula is C36H40IrNO3-. The van der Waals surface area contributed by atoms with Crippen LogP contribution < -0.4 is 0 Å². The number of ketones is 1. The van der Waals surface area contributed by atoms with Crippen molar-refractivity contribution in [1.29, 1.82) is 0 Å². The molecule has 0 amide bonds. The number of aliphatic hydroxyl groups is 1. The SMILES string of the molecule is CCC(CC)/C(O)=C/C(=O)C(C)(CC)CC.Cc1[c-]c(-c2ccc3ccccc3n2)c2oc3ccccc3c2c1.[Ir]. The van der Waals surface area contributed by atoms with Gasteiger partial charge in [-0.1, -0.05) is 101 Å². The van der Waals surface area contributed by atoms with Crippen molar-refractivity contribution in [3.8, 4) is 11.3 Å². The van der Waals surface area contributed by atoms with E-state index in [9.17, 15) is 9.90 Å². The van der Waals surface area contributed by atoms with E-state index < -0.39 is 0 Å². The van der Waals surface area contributed by atoms with E-state index in [0.717, 1.165) is 75.3 Å². The van der Waals surface area contributed by atoms with Crippen LogP contribution in [0.2, 0.25) is 0 Å². The second-order valence-electron chi connectivity index (χ2n) is 10.8. The summed E-state index contributed by atoms with van der Waals surface area (Å²) < 4.78 is 6.13. The van der Waals surface area contributed by atoms with Crippen molar-refractivity contribution in [2.45, 2.75) is 67.2 Å². The second-order valence-corrected chi connectivity index (χ2v) is 10.8. The fourth-order valence-electron chi connectivity index (χ4n) is 5.02. The summed E-state index contributed by atoms with van der Waals surface area (Å²) in [6, 6.07) is 26.0. The molecule has 0 saturated heterocycles. The van der Waals surface area contributed by atoms with E-state index in [1.807, 2.05) is 77.1 Å². The largest absolute Gasteiger partial charge is 0.512 e. The summed E-state index contributed by atoms with van der Waals surface area (Å²) >= 11 is 0. The molecule has 5 aromatic rings. The molecule has 0 aliphatic carbocycles. The predicted molar refractivity (Wildman–Crippen MR) is 167 cm³/mol. The molecule has 1 radical (unpaired) electrons. The fraction of sp³-hybridized carbons (Fsp3) is 0.333. The summed E-state index contributed by atoms with van der Waals surface area (Å²) in [5, 5.41) is 13.3. The van der Waals surface area contributed by atoms with E-state index in [4.69, 9.17) is 9.40 Å². The van der Waals surface area contributed by atoms with Crippen molar-refractivity contribution in [2.75, 3.05) is 0 Å². The Kier molecular flexibility index (Phi) is 11.1. The van der Waals surface area contributed by atoms with Crippen molar-refractivity contribution in [1.82, 2.24) is 4.98 Å². The van der Waals surface area contributed by atoms with Gasteiger partial charge in [0.2, 0.25) is 0 Å². The van der Waals surface area contributed by atoms with Gasteiger partial charge in [0.15, 0.2) is 5.78 Å². The summed E-state index contributed by atoms with van der Waals surface area (Å²) in [4.78, 5) is 16.9. The summed E-state index contributed by atoms with van der Waals surface area (Å²) in [6.45, 7) is 12.1. The first kappa shape index (κ1) is 32.2. The van der Waals surface area contributed by atoms with Crippen molar-refractivity contribution >= 4 is 38.6 Å². The number of aromatic nitrogens is 1. The normalized spacial score (nSPS) is 11.9. The van der Waals surface area contributed by atoms with E-state index in [1.54, 1.807) is 0 Å². The van der Waals surface area contributed by atoms with E-state index in [0.29, 0.717) is 0 Å². The van der Waals surface area contributed by atoms with Gasteiger partial charge in [0.05, 0.1) is 16.9 Å². The third kappa shape index (κ3) is 6.97. The van der Waals surface area contributed by atoms with Crippen LogP contribution in [0.4, 0.5) is 0 Å². The van der Waals surface area contributed by atoms with Crippen molar-refractivity contribution in [2.24, 2.45) is 11.3 Å². The molecule has 0 atom stereocenters. The minimum atomic E-state index is -0.319. The second kappa shape index (κ2) is 14.1. The van der Waals surface area contributed by atoms with Crippen molar-refractivity contribution in [3.63, 3.8) is 0 Å². The fourth-order valence-corrected chi connectivity index (χ4v) is 5.02. The van der Waals surface area contributed by atoms with Gasteiger partial charge in [-0.05, 0) is 48.9 Å². The number of hydrogen-bond acceptors (Lipinski definition) is 4. The molecule has 0 fully saturated rings. The van der Waals surface area contributed by atoms with Gasteiger partial charge in [-0.2, -0.15) is 0 Å². The Labute approximate surface area is 257 Å². The number of fused-ring (bicyclic) bond motifs is 4. The van der Waals surface area contributed by atoms with Crippen molar-refractivity contribution in [3.05, 3.63) is 90.2 Å². The molecule has 5 heteroatoms. The van der Waals surface area contributed by atoms with Gasteiger partial charge in [-0.3, -0.25) is 9.78 Å². The number of hydrogen-bond donors (Lipinski definition) is 1. The zero-order valence-electron chi connectivity index (χ0n) is 24.9. The topological polar surface area (TPSA) is 63.3 Å². The number of aliphatic hydroxyl groups excluding tert-OH is 1. The number of furan rings is 1. The van der Waals surface area contributed by atoms with Gasteiger partial charge >= 0.3 is 0 Å². The molecule has 0 unspecified atom stereocenters. The summed E-state index contributed by atoms with van der Waals surface area (Å²) in [5.41, 5.74) is 5.31. The number of rotatable bonds is 8. The summed E-state index contributed by atoms with van der Waals surface area (Å²) in [7, 11) is 0. The van der Waals surface area contributed by atoms with Crippen LogP contribution in [-0.4, -0.2) is 15.9 Å². The number of carbonyl (C=O) groups excluding carboxylic acids is 1. The molecule has 0 aliphatic rings. The maximum absolute atomic E-state index is 12.0. The molecule has 41 heavy (non-hydrogen) atoms. The van der Waals surface area contributed by atoms with Crippen LogP contribution in [0.25, 0.3) is 44.1 Å². The van der Waals surface area contributed by atoms with Crippen LogP contribution in [0.3, 0.4) is 0 Å². The molecule has 0 spiro atoms. The first-order chi connectivity index (χ1) is 19.2.